The van der Waals surface area contributed by atoms with Gasteiger partial charge in [-0.25, -0.2) is 4.79 Å². The van der Waals surface area contributed by atoms with Crippen molar-refractivity contribution in [3.05, 3.63) is 29.8 Å². The molecule has 0 aromatic heterocycles. The van der Waals surface area contributed by atoms with E-state index in [0.29, 0.717) is 5.56 Å². The molecule has 1 aliphatic rings. The van der Waals surface area contributed by atoms with Gasteiger partial charge in [-0.2, -0.15) is 0 Å². The highest BCUT2D eigenvalue weighted by Gasteiger charge is 2.23. The number of carbonyl (C=O) groups excluding carboxylic acids is 1. The van der Waals surface area contributed by atoms with Crippen LogP contribution in [0.1, 0.15) is 10.4 Å². The van der Waals surface area contributed by atoms with E-state index in [2.05, 4.69) is 9.64 Å². The van der Waals surface area contributed by atoms with Gasteiger partial charge >= 0.3 is 5.97 Å². The fourth-order valence-electron chi connectivity index (χ4n) is 1.67. The summed E-state index contributed by atoms with van der Waals surface area (Å²) < 4.78 is 4.66. The molecule has 0 saturated carbocycles. The lowest BCUT2D eigenvalue weighted by Gasteiger charge is -2.38. The summed E-state index contributed by atoms with van der Waals surface area (Å²) in [5.74, 6) is -0.304. The third-order valence-corrected chi connectivity index (χ3v) is 2.54. The fraction of sp³-hybridized carbons (Fsp3) is 0.364. The van der Waals surface area contributed by atoms with Crippen molar-refractivity contribution in [3.63, 3.8) is 0 Å². The van der Waals surface area contributed by atoms with Gasteiger partial charge in [-0.15, -0.1) is 0 Å². The zero-order chi connectivity index (χ0) is 10.8. The molecule has 0 amide bonds. The molecule has 1 aromatic carbocycles. The zero-order valence-electron chi connectivity index (χ0n) is 8.64. The molecule has 4 nitrogen and oxygen atoms in total. The Morgan fingerprint density at radius 2 is 2.27 bits per heavy atom. The number of nitrogens with zero attached hydrogens (tertiary/aromatic N) is 1. The maximum absolute atomic E-state index is 11.3. The maximum Gasteiger partial charge on any atom is 0.337 e. The molecule has 0 radical (unpaired) electrons. The number of ether oxygens (including phenoxy) is 1. The Bertz CT molecular complexity index is 373. The van der Waals surface area contributed by atoms with Gasteiger partial charge in [0.2, 0.25) is 0 Å². The van der Waals surface area contributed by atoms with E-state index in [1.807, 2.05) is 18.2 Å². The predicted molar refractivity (Wildman–Crippen MR) is 58.0 cm³/mol. The third kappa shape index (κ3) is 1.94. The van der Waals surface area contributed by atoms with Gasteiger partial charge in [-0.1, -0.05) is 6.07 Å². The average Bonchev–Trinajstić information content (AvgIpc) is 2.24. The number of rotatable bonds is 2. The highest BCUT2D eigenvalue weighted by molar-refractivity contribution is 5.90. The van der Waals surface area contributed by atoms with Crippen molar-refractivity contribution < 1.29 is 9.53 Å². The summed E-state index contributed by atoms with van der Waals surface area (Å²) in [5, 5.41) is 0. The number of nitrogens with two attached hydrogens (primary N) is 1. The number of hydrogen-bond donors (Lipinski definition) is 1. The van der Waals surface area contributed by atoms with Crippen LogP contribution in [0.4, 0.5) is 5.69 Å². The molecule has 0 bridgehead atoms. The molecule has 80 valence electrons. The Hall–Kier alpha value is -1.55. The highest BCUT2D eigenvalue weighted by atomic mass is 16.5. The second-order valence-corrected chi connectivity index (χ2v) is 3.71. The molecule has 4 heteroatoms. The minimum Gasteiger partial charge on any atom is -0.465 e. The topological polar surface area (TPSA) is 55.6 Å². The zero-order valence-corrected chi connectivity index (χ0v) is 8.64. The minimum absolute atomic E-state index is 0.256. The first-order valence-electron chi connectivity index (χ1n) is 4.89. The first-order valence-corrected chi connectivity index (χ1v) is 4.89. The van der Waals surface area contributed by atoms with E-state index in [-0.39, 0.29) is 12.0 Å². The standard InChI is InChI=1S/C11H14N2O2/c1-15-11(14)8-3-2-4-10(5-8)13-6-9(12)7-13/h2-5,9H,6-7,12H2,1H3. The van der Waals surface area contributed by atoms with Gasteiger partial charge in [0.25, 0.3) is 0 Å². The molecule has 0 unspecified atom stereocenters. The van der Waals surface area contributed by atoms with E-state index in [4.69, 9.17) is 5.73 Å². The van der Waals surface area contributed by atoms with Crippen LogP contribution >= 0.6 is 0 Å². The summed E-state index contributed by atoms with van der Waals surface area (Å²) in [5.41, 5.74) is 7.30. The van der Waals surface area contributed by atoms with E-state index in [1.54, 1.807) is 6.07 Å². The minimum atomic E-state index is -0.304. The van der Waals surface area contributed by atoms with E-state index < -0.39 is 0 Å². The predicted octanol–water partition coefficient (Wildman–Crippen LogP) is 0.620. The summed E-state index contributed by atoms with van der Waals surface area (Å²) in [7, 11) is 1.38. The average molecular weight is 206 g/mol. The number of benzene rings is 1. The second-order valence-electron chi connectivity index (χ2n) is 3.71. The first-order chi connectivity index (χ1) is 7.20. The summed E-state index contributed by atoms with van der Waals surface area (Å²) in [6.07, 6.45) is 0. The van der Waals surface area contributed by atoms with Crippen LogP contribution in [0.15, 0.2) is 24.3 Å². The number of carbonyl (C=O) groups is 1. The van der Waals surface area contributed by atoms with Crippen molar-refractivity contribution >= 4 is 11.7 Å². The van der Waals surface area contributed by atoms with Gasteiger partial charge in [0, 0.05) is 24.8 Å². The number of methoxy groups -OCH3 is 1. The summed E-state index contributed by atoms with van der Waals surface area (Å²) in [6.45, 7) is 1.70. The SMILES string of the molecule is COC(=O)c1cccc(N2CC(N)C2)c1. The first kappa shape index (κ1) is 9.98. The molecule has 2 N–H and O–H groups in total. The normalized spacial score (nSPS) is 16.0. The van der Waals surface area contributed by atoms with Crippen LogP contribution in [0, 0.1) is 0 Å². The Balaban J connectivity index is 2.16. The van der Waals surface area contributed by atoms with Crippen molar-refractivity contribution in [2.45, 2.75) is 6.04 Å². The Morgan fingerprint density at radius 1 is 1.53 bits per heavy atom. The highest BCUT2D eigenvalue weighted by Crippen LogP contribution is 2.21. The number of anilines is 1. The smallest absolute Gasteiger partial charge is 0.337 e. The summed E-state index contributed by atoms with van der Waals surface area (Å²) in [6, 6.07) is 7.66. The van der Waals surface area contributed by atoms with E-state index >= 15 is 0 Å². The van der Waals surface area contributed by atoms with Gasteiger partial charge in [0.05, 0.1) is 12.7 Å². The van der Waals surface area contributed by atoms with Crippen LogP contribution in [0.3, 0.4) is 0 Å². The lowest BCUT2D eigenvalue weighted by Crippen LogP contribution is -2.55. The van der Waals surface area contributed by atoms with E-state index in [1.165, 1.54) is 7.11 Å². The largest absolute Gasteiger partial charge is 0.465 e. The van der Waals surface area contributed by atoms with Crippen molar-refractivity contribution in [1.29, 1.82) is 0 Å². The van der Waals surface area contributed by atoms with Crippen LogP contribution in [0.25, 0.3) is 0 Å². The molecule has 1 heterocycles. The molecule has 0 atom stereocenters. The quantitative estimate of drug-likeness (QED) is 0.721. The molecule has 0 aliphatic carbocycles. The molecule has 1 saturated heterocycles. The lowest BCUT2D eigenvalue weighted by molar-refractivity contribution is 0.0601. The van der Waals surface area contributed by atoms with Crippen molar-refractivity contribution in [2.75, 3.05) is 25.1 Å². The van der Waals surface area contributed by atoms with Gasteiger partial charge in [0.15, 0.2) is 0 Å². The van der Waals surface area contributed by atoms with Crippen LogP contribution in [-0.4, -0.2) is 32.2 Å². The van der Waals surface area contributed by atoms with Gasteiger partial charge in [-0.05, 0) is 18.2 Å². The van der Waals surface area contributed by atoms with Crippen molar-refractivity contribution in [1.82, 2.24) is 0 Å². The van der Waals surface area contributed by atoms with E-state index in [9.17, 15) is 4.79 Å². The van der Waals surface area contributed by atoms with Crippen LogP contribution in [-0.2, 0) is 4.74 Å². The molecular formula is C11H14N2O2. The van der Waals surface area contributed by atoms with Crippen LogP contribution in [0.2, 0.25) is 0 Å². The molecule has 2 rings (SSSR count). The second kappa shape index (κ2) is 3.90. The fourth-order valence-corrected chi connectivity index (χ4v) is 1.67. The molecule has 0 spiro atoms. The Labute approximate surface area is 88.6 Å². The van der Waals surface area contributed by atoms with Gasteiger partial charge < -0.3 is 15.4 Å². The summed E-state index contributed by atoms with van der Waals surface area (Å²) >= 11 is 0. The molecular weight excluding hydrogens is 192 g/mol. The third-order valence-electron chi connectivity index (χ3n) is 2.54. The molecule has 1 aromatic rings. The van der Waals surface area contributed by atoms with Gasteiger partial charge in [-0.3, -0.25) is 0 Å². The monoisotopic (exact) mass is 206 g/mol. The number of esters is 1. The summed E-state index contributed by atoms with van der Waals surface area (Å²) in [4.78, 5) is 13.4. The molecule has 1 aliphatic heterocycles. The van der Waals surface area contributed by atoms with Crippen LogP contribution < -0.4 is 10.6 Å². The van der Waals surface area contributed by atoms with Crippen LogP contribution in [0.5, 0.6) is 0 Å². The Morgan fingerprint density at radius 3 is 2.87 bits per heavy atom. The van der Waals surface area contributed by atoms with Crippen molar-refractivity contribution in [3.8, 4) is 0 Å². The molecule has 1 fully saturated rings. The van der Waals surface area contributed by atoms with Gasteiger partial charge in [0.1, 0.15) is 0 Å². The lowest BCUT2D eigenvalue weighted by atomic mass is 10.1. The molecule has 15 heavy (non-hydrogen) atoms. The van der Waals surface area contributed by atoms with E-state index in [0.717, 1.165) is 18.8 Å². The van der Waals surface area contributed by atoms with Crippen molar-refractivity contribution in [2.24, 2.45) is 5.73 Å². The maximum atomic E-state index is 11.3. The number of hydrogen-bond acceptors (Lipinski definition) is 4. The Kier molecular flexibility index (Phi) is 2.60.